The van der Waals surface area contributed by atoms with Crippen molar-refractivity contribution >= 4 is 5.91 Å². The van der Waals surface area contributed by atoms with E-state index < -0.39 is 0 Å². The highest BCUT2D eigenvalue weighted by molar-refractivity contribution is 5.94. The Bertz CT molecular complexity index is 798. The van der Waals surface area contributed by atoms with Crippen LogP contribution in [-0.2, 0) is 6.61 Å². The zero-order chi connectivity index (χ0) is 20.0. The summed E-state index contributed by atoms with van der Waals surface area (Å²) in [7, 11) is 1.63. The normalized spacial score (nSPS) is 11.8. The standard InChI is InChI=1S/C23H31NO3/c1-7-8-17(4)24-23(25)19-9-10-21(26-6)20(13-19)14-27-22-12-15(2)11-16(3)18(22)5/h9-13,17H,7-8,14H2,1-6H3,(H,24,25)/t17-/m1/s1. The van der Waals surface area contributed by atoms with Crippen molar-refractivity contribution in [2.24, 2.45) is 0 Å². The van der Waals surface area contributed by atoms with Gasteiger partial charge in [-0.25, -0.2) is 0 Å². The number of hydrogen-bond donors (Lipinski definition) is 1. The molecular weight excluding hydrogens is 338 g/mol. The van der Waals surface area contributed by atoms with Crippen LogP contribution >= 0.6 is 0 Å². The Morgan fingerprint density at radius 2 is 1.85 bits per heavy atom. The molecule has 0 spiro atoms. The monoisotopic (exact) mass is 369 g/mol. The molecule has 4 heteroatoms. The second kappa shape index (κ2) is 9.45. The van der Waals surface area contributed by atoms with Crippen molar-refractivity contribution in [3.05, 3.63) is 58.1 Å². The highest BCUT2D eigenvalue weighted by Crippen LogP contribution is 2.27. The summed E-state index contributed by atoms with van der Waals surface area (Å²) in [5.41, 5.74) is 4.97. The van der Waals surface area contributed by atoms with Gasteiger partial charge in [0.15, 0.2) is 0 Å². The molecule has 2 aromatic rings. The van der Waals surface area contributed by atoms with Gasteiger partial charge in [0.2, 0.25) is 0 Å². The van der Waals surface area contributed by atoms with Crippen molar-refractivity contribution in [2.75, 3.05) is 7.11 Å². The van der Waals surface area contributed by atoms with E-state index in [2.05, 4.69) is 39.1 Å². The van der Waals surface area contributed by atoms with E-state index >= 15 is 0 Å². The van der Waals surface area contributed by atoms with Crippen LogP contribution < -0.4 is 14.8 Å². The molecule has 0 aliphatic carbocycles. The van der Waals surface area contributed by atoms with E-state index in [1.54, 1.807) is 13.2 Å². The van der Waals surface area contributed by atoms with Crippen LogP contribution in [-0.4, -0.2) is 19.1 Å². The number of ether oxygens (including phenoxy) is 2. The number of hydrogen-bond acceptors (Lipinski definition) is 3. The van der Waals surface area contributed by atoms with Crippen LogP contribution in [0.25, 0.3) is 0 Å². The van der Waals surface area contributed by atoms with E-state index in [1.165, 1.54) is 5.56 Å². The third-order valence-electron chi connectivity index (χ3n) is 4.79. The molecule has 4 nitrogen and oxygen atoms in total. The second-order valence-corrected chi connectivity index (χ2v) is 7.18. The molecule has 0 unspecified atom stereocenters. The summed E-state index contributed by atoms with van der Waals surface area (Å²) in [5, 5.41) is 3.04. The van der Waals surface area contributed by atoms with Gasteiger partial charge in [0.1, 0.15) is 18.1 Å². The lowest BCUT2D eigenvalue weighted by Gasteiger charge is -2.16. The first-order chi connectivity index (χ1) is 12.8. The van der Waals surface area contributed by atoms with Crippen LogP contribution in [0.2, 0.25) is 0 Å². The third-order valence-corrected chi connectivity index (χ3v) is 4.79. The zero-order valence-corrected chi connectivity index (χ0v) is 17.3. The number of nitrogens with one attached hydrogen (secondary N) is 1. The molecule has 0 aliphatic heterocycles. The summed E-state index contributed by atoms with van der Waals surface area (Å²) in [6.45, 7) is 10.7. The van der Waals surface area contributed by atoms with Crippen LogP contribution in [0.4, 0.5) is 0 Å². The minimum atomic E-state index is -0.0672. The Balaban J connectivity index is 2.19. The average Bonchev–Trinajstić information content (AvgIpc) is 2.63. The van der Waals surface area contributed by atoms with E-state index in [-0.39, 0.29) is 11.9 Å². The van der Waals surface area contributed by atoms with Gasteiger partial charge in [-0.2, -0.15) is 0 Å². The Hall–Kier alpha value is -2.49. The summed E-state index contributed by atoms with van der Waals surface area (Å²) < 4.78 is 11.5. The third kappa shape index (κ3) is 5.49. The van der Waals surface area contributed by atoms with Crippen molar-refractivity contribution in [3.8, 4) is 11.5 Å². The minimum Gasteiger partial charge on any atom is -0.496 e. The minimum absolute atomic E-state index is 0.0672. The average molecular weight is 370 g/mol. The molecule has 2 rings (SSSR count). The Morgan fingerprint density at radius 3 is 2.52 bits per heavy atom. The maximum absolute atomic E-state index is 12.5. The largest absolute Gasteiger partial charge is 0.496 e. The van der Waals surface area contributed by atoms with E-state index in [4.69, 9.17) is 9.47 Å². The van der Waals surface area contributed by atoms with Crippen LogP contribution in [0.15, 0.2) is 30.3 Å². The van der Waals surface area contributed by atoms with Gasteiger partial charge in [-0.1, -0.05) is 19.4 Å². The number of carbonyl (C=O) groups excluding carboxylic acids is 1. The summed E-state index contributed by atoms with van der Waals surface area (Å²) in [6, 6.07) is 9.81. The van der Waals surface area contributed by atoms with Crippen molar-refractivity contribution < 1.29 is 14.3 Å². The number of methoxy groups -OCH3 is 1. The quantitative estimate of drug-likeness (QED) is 0.703. The molecule has 1 N–H and O–H groups in total. The topological polar surface area (TPSA) is 47.6 Å². The second-order valence-electron chi connectivity index (χ2n) is 7.18. The molecule has 0 aromatic heterocycles. The van der Waals surface area contributed by atoms with Crippen molar-refractivity contribution in [2.45, 2.75) is 60.1 Å². The van der Waals surface area contributed by atoms with E-state index in [1.807, 2.05) is 25.1 Å². The van der Waals surface area contributed by atoms with Crippen molar-refractivity contribution in [3.63, 3.8) is 0 Å². The molecular formula is C23H31NO3. The number of benzene rings is 2. The lowest BCUT2D eigenvalue weighted by molar-refractivity contribution is 0.0938. The van der Waals surface area contributed by atoms with Crippen molar-refractivity contribution in [1.82, 2.24) is 5.32 Å². The smallest absolute Gasteiger partial charge is 0.251 e. The van der Waals surface area contributed by atoms with Gasteiger partial charge in [-0.3, -0.25) is 4.79 Å². The van der Waals surface area contributed by atoms with Gasteiger partial charge in [-0.05, 0) is 75.1 Å². The van der Waals surface area contributed by atoms with Crippen LogP contribution in [0.1, 0.15) is 59.3 Å². The van der Waals surface area contributed by atoms with Crippen LogP contribution in [0.5, 0.6) is 11.5 Å². The fourth-order valence-corrected chi connectivity index (χ4v) is 3.15. The summed E-state index contributed by atoms with van der Waals surface area (Å²) in [4.78, 5) is 12.5. The SMILES string of the molecule is CCC[C@@H](C)NC(=O)c1ccc(OC)c(COc2cc(C)cc(C)c2C)c1. The molecule has 2 aromatic carbocycles. The molecule has 1 atom stereocenters. The van der Waals surface area contributed by atoms with Gasteiger partial charge in [0.05, 0.1) is 7.11 Å². The molecule has 146 valence electrons. The molecule has 1 amide bonds. The first kappa shape index (κ1) is 20.8. The molecule has 0 fully saturated rings. The zero-order valence-electron chi connectivity index (χ0n) is 17.3. The molecule has 27 heavy (non-hydrogen) atoms. The van der Waals surface area contributed by atoms with Crippen molar-refractivity contribution in [1.29, 1.82) is 0 Å². The van der Waals surface area contributed by atoms with Gasteiger partial charge in [0.25, 0.3) is 5.91 Å². The lowest BCUT2D eigenvalue weighted by Crippen LogP contribution is -2.32. The predicted octanol–water partition coefficient (Wildman–Crippen LogP) is 5.12. The summed E-state index contributed by atoms with van der Waals surface area (Å²) >= 11 is 0. The maximum atomic E-state index is 12.5. The maximum Gasteiger partial charge on any atom is 0.251 e. The highest BCUT2D eigenvalue weighted by Gasteiger charge is 2.13. The molecule has 0 saturated carbocycles. The molecule has 0 bridgehead atoms. The number of amides is 1. The lowest BCUT2D eigenvalue weighted by atomic mass is 10.1. The number of aryl methyl sites for hydroxylation is 2. The van der Waals surface area contributed by atoms with E-state index in [0.717, 1.165) is 41.0 Å². The van der Waals surface area contributed by atoms with Gasteiger partial charge >= 0.3 is 0 Å². The Kier molecular flexibility index (Phi) is 7.28. The Morgan fingerprint density at radius 1 is 1.11 bits per heavy atom. The van der Waals surface area contributed by atoms with Crippen LogP contribution in [0, 0.1) is 20.8 Å². The van der Waals surface area contributed by atoms with Crippen LogP contribution in [0.3, 0.4) is 0 Å². The number of carbonyl (C=O) groups is 1. The molecule has 0 radical (unpaired) electrons. The molecule has 0 aliphatic rings. The van der Waals surface area contributed by atoms with Gasteiger partial charge < -0.3 is 14.8 Å². The summed E-state index contributed by atoms with van der Waals surface area (Å²) in [6.07, 6.45) is 2.00. The first-order valence-electron chi connectivity index (χ1n) is 9.54. The fraction of sp³-hybridized carbons (Fsp3) is 0.435. The van der Waals surface area contributed by atoms with Gasteiger partial charge in [0, 0.05) is 17.2 Å². The first-order valence-corrected chi connectivity index (χ1v) is 9.54. The van der Waals surface area contributed by atoms with Gasteiger partial charge in [-0.15, -0.1) is 0 Å². The molecule has 0 heterocycles. The predicted molar refractivity (Wildman–Crippen MR) is 110 cm³/mol. The number of rotatable bonds is 8. The highest BCUT2D eigenvalue weighted by atomic mass is 16.5. The van der Waals surface area contributed by atoms with E-state index in [9.17, 15) is 4.79 Å². The Labute approximate surface area is 162 Å². The molecule has 0 saturated heterocycles. The summed E-state index contributed by atoms with van der Waals surface area (Å²) in [5.74, 6) is 1.51. The van der Waals surface area contributed by atoms with E-state index in [0.29, 0.717) is 12.2 Å². The fourth-order valence-electron chi connectivity index (χ4n) is 3.15.